The highest BCUT2D eigenvalue weighted by molar-refractivity contribution is 6.35. The molecule has 28 heavy (non-hydrogen) atoms. The summed E-state index contributed by atoms with van der Waals surface area (Å²) in [4.78, 5) is 23.2. The van der Waals surface area contributed by atoms with E-state index >= 15 is 0 Å². The number of hydrazone groups is 1. The molecule has 2 N–H and O–H groups in total. The van der Waals surface area contributed by atoms with Crippen LogP contribution in [-0.2, 0) is 20.9 Å². The van der Waals surface area contributed by atoms with Crippen LogP contribution in [0.1, 0.15) is 17.5 Å². The van der Waals surface area contributed by atoms with Gasteiger partial charge in [0.2, 0.25) is 0 Å². The second kappa shape index (κ2) is 11.7. The maximum absolute atomic E-state index is 11.6. The number of amides is 2. The zero-order valence-corrected chi connectivity index (χ0v) is 16.2. The van der Waals surface area contributed by atoms with E-state index in [1.807, 2.05) is 18.2 Å². The lowest BCUT2D eigenvalue weighted by Gasteiger charge is -2.08. The van der Waals surface area contributed by atoms with Gasteiger partial charge in [0.15, 0.2) is 0 Å². The van der Waals surface area contributed by atoms with E-state index in [2.05, 4.69) is 15.8 Å². The summed E-state index contributed by atoms with van der Waals surface area (Å²) < 4.78 is 10.6. The summed E-state index contributed by atoms with van der Waals surface area (Å²) in [7, 11) is 1.57. The van der Waals surface area contributed by atoms with Gasteiger partial charge in [0.1, 0.15) is 12.4 Å². The monoisotopic (exact) mass is 403 g/mol. The fourth-order valence-electron chi connectivity index (χ4n) is 2.18. The van der Waals surface area contributed by atoms with Gasteiger partial charge >= 0.3 is 11.8 Å². The Balaban J connectivity index is 1.82. The molecular weight excluding hydrogens is 382 g/mol. The second-order valence-corrected chi connectivity index (χ2v) is 6.16. The first-order valence-corrected chi connectivity index (χ1v) is 9.04. The largest absolute Gasteiger partial charge is 0.489 e. The van der Waals surface area contributed by atoms with Crippen LogP contribution in [0, 0.1) is 0 Å². The topological polar surface area (TPSA) is 89.0 Å². The molecule has 2 rings (SSSR count). The van der Waals surface area contributed by atoms with Gasteiger partial charge in [0, 0.05) is 30.8 Å². The van der Waals surface area contributed by atoms with Crippen molar-refractivity contribution in [2.24, 2.45) is 5.10 Å². The molecule has 0 aliphatic heterocycles. The number of benzene rings is 2. The van der Waals surface area contributed by atoms with E-state index in [-0.39, 0.29) is 0 Å². The standard InChI is InChI=1S/C20H22ClN3O4/c1-27-11-5-10-22-19(25)20(26)24-23-13-15-6-4-8-17(12-15)28-14-16-7-2-3-9-18(16)21/h2-4,6-9,12-13H,5,10-11,14H2,1H3,(H,22,25)(H,24,26)/b23-13-. The van der Waals surface area contributed by atoms with Crippen molar-refractivity contribution < 1.29 is 19.1 Å². The van der Waals surface area contributed by atoms with Crippen LogP contribution in [0.25, 0.3) is 0 Å². The van der Waals surface area contributed by atoms with E-state index in [1.165, 1.54) is 6.21 Å². The predicted molar refractivity (Wildman–Crippen MR) is 107 cm³/mol. The lowest BCUT2D eigenvalue weighted by atomic mass is 10.2. The van der Waals surface area contributed by atoms with Gasteiger partial charge in [-0.3, -0.25) is 9.59 Å². The number of ether oxygens (including phenoxy) is 2. The Kier molecular flexibility index (Phi) is 8.97. The van der Waals surface area contributed by atoms with Gasteiger partial charge in [0.05, 0.1) is 6.21 Å². The lowest BCUT2D eigenvalue weighted by molar-refractivity contribution is -0.139. The fourth-order valence-corrected chi connectivity index (χ4v) is 2.37. The molecule has 0 heterocycles. The van der Waals surface area contributed by atoms with Gasteiger partial charge in [-0.1, -0.05) is 41.9 Å². The molecule has 0 radical (unpaired) electrons. The summed E-state index contributed by atoms with van der Waals surface area (Å²) in [5.41, 5.74) is 3.77. The van der Waals surface area contributed by atoms with Crippen molar-refractivity contribution in [1.82, 2.24) is 10.7 Å². The molecule has 0 aromatic heterocycles. The van der Waals surface area contributed by atoms with E-state index in [0.29, 0.717) is 42.5 Å². The Labute approximate surface area is 168 Å². The van der Waals surface area contributed by atoms with Gasteiger partial charge in [-0.25, -0.2) is 5.43 Å². The molecule has 0 fully saturated rings. The first-order valence-electron chi connectivity index (χ1n) is 8.66. The van der Waals surface area contributed by atoms with Crippen LogP contribution in [0.2, 0.25) is 5.02 Å². The molecule has 0 saturated carbocycles. The number of nitrogens with zero attached hydrogens (tertiary/aromatic N) is 1. The lowest BCUT2D eigenvalue weighted by Crippen LogP contribution is -2.38. The van der Waals surface area contributed by atoms with Crippen molar-refractivity contribution >= 4 is 29.6 Å². The average Bonchev–Trinajstić information content (AvgIpc) is 2.70. The molecule has 2 amide bonds. The Morgan fingerprint density at radius 1 is 1.14 bits per heavy atom. The smallest absolute Gasteiger partial charge is 0.329 e. The number of nitrogens with one attached hydrogen (secondary N) is 2. The zero-order chi connectivity index (χ0) is 20.2. The third-order valence-corrected chi connectivity index (χ3v) is 3.98. The highest BCUT2D eigenvalue weighted by Gasteiger charge is 2.11. The van der Waals surface area contributed by atoms with E-state index in [1.54, 1.807) is 37.4 Å². The van der Waals surface area contributed by atoms with Crippen LogP contribution in [-0.4, -0.2) is 38.3 Å². The molecular formula is C20H22ClN3O4. The number of hydrogen-bond donors (Lipinski definition) is 2. The predicted octanol–water partition coefficient (Wildman–Crippen LogP) is 2.52. The molecule has 0 bridgehead atoms. The summed E-state index contributed by atoms with van der Waals surface area (Å²) in [6.07, 6.45) is 2.05. The third kappa shape index (κ3) is 7.38. The molecule has 2 aromatic carbocycles. The Hall–Kier alpha value is -2.90. The maximum atomic E-state index is 11.6. The highest BCUT2D eigenvalue weighted by Crippen LogP contribution is 2.19. The van der Waals surface area contributed by atoms with Gasteiger partial charge < -0.3 is 14.8 Å². The number of rotatable bonds is 9. The SMILES string of the molecule is COCCCNC(=O)C(=O)N/N=C\c1cccc(OCc2ccccc2Cl)c1. The minimum absolute atomic E-state index is 0.334. The van der Waals surface area contributed by atoms with Crippen molar-refractivity contribution in [2.75, 3.05) is 20.3 Å². The summed E-state index contributed by atoms with van der Waals surface area (Å²) in [6.45, 7) is 1.20. The molecule has 0 unspecified atom stereocenters. The van der Waals surface area contributed by atoms with Crippen LogP contribution < -0.4 is 15.5 Å². The minimum Gasteiger partial charge on any atom is -0.489 e. The van der Waals surface area contributed by atoms with E-state index in [4.69, 9.17) is 21.1 Å². The van der Waals surface area contributed by atoms with Crippen LogP contribution in [0.3, 0.4) is 0 Å². The quantitative estimate of drug-likeness (QED) is 0.291. The third-order valence-electron chi connectivity index (χ3n) is 3.61. The summed E-state index contributed by atoms with van der Waals surface area (Å²) in [6, 6.07) is 14.6. The van der Waals surface area contributed by atoms with Crippen LogP contribution in [0.4, 0.5) is 0 Å². The van der Waals surface area contributed by atoms with Crippen LogP contribution in [0.15, 0.2) is 53.6 Å². The first-order chi connectivity index (χ1) is 13.6. The number of halogens is 1. The number of carbonyl (C=O) groups is 2. The molecule has 0 atom stereocenters. The van der Waals surface area contributed by atoms with Crippen LogP contribution >= 0.6 is 11.6 Å². The highest BCUT2D eigenvalue weighted by atomic mass is 35.5. The Bertz CT molecular complexity index is 827. The molecule has 2 aromatic rings. The summed E-state index contributed by atoms with van der Waals surface area (Å²) >= 11 is 6.11. The van der Waals surface area contributed by atoms with Gasteiger partial charge in [-0.15, -0.1) is 0 Å². The fraction of sp³-hybridized carbons (Fsp3) is 0.250. The maximum Gasteiger partial charge on any atom is 0.329 e. The molecule has 0 aliphatic rings. The van der Waals surface area contributed by atoms with Crippen molar-refractivity contribution in [3.05, 3.63) is 64.7 Å². The van der Waals surface area contributed by atoms with Crippen molar-refractivity contribution in [2.45, 2.75) is 13.0 Å². The van der Waals surface area contributed by atoms with E-state index in [9.17, 15) is 9.59 Å². The molecule has 8 heteroatoms. The Morgan fingerprint density at radius 3 is 2.75 bits per heavy atom. The molecule has 0 spiro atoms. The number of hydrogen-bond acceptors (Lipinski definition) is 5. The Morgan fingerprint density at radius 2 is 1.96 bits per heavy atom. The summed E-state index contributed by atoms with van der Waals surface area (Å²) in [5, 5.41) is 6.91. The molecule has 7 nitrogen and oxygen atoms in total. The van der Waals surface area contributed by atoms with Crippen molar-refractivity contribution in [3.63, 3.8) is 0 Å². The van der Waals surface area contributed by atoms with E-state index in [0.717, 1.165) is 5.56 Å². The average molecular weight is 404 g/mol. The molecule has 0 aliphatic carbocycles. The van der Waals surface area contributed by atoms with E-state index < -0.39 is 11.8 Å². The van der Waals surface area contributed by atoms with Gasteiger partial charge in [0.25, 0.3) is 0 Å². The van der Waals surface area contributed by atoms with Gasteiger partial charge in [-0.2, -0.15) is 5.10 Å². The van der Waals surface area contributed by atoms with Crippen LogP contribution in [0.5, 0.6) is 5.75 Å². The van der Waals surface area contributed by atoms with Crippen molar-refractivity contribution in [3.8, 4) is 5.75 Å². The molecule has 0 saturated heterocycles. The number of carbonyl (C=O) groups excluding carboxylic acids is 2. The van der Waals surface area contributed by atoms with Crippen molar-refractivity contribution in [1.29, 1.82) is 0 Å². The second-order valence-electron chi connectivity index (χ2n) is 5.75. The van der Waals surface area contributed by atoms with Gasteiger partial charge in [-0.05, 0) is 30.2 Å². The normalized spacial score (nSPS) is 10.6. The minimum atomic E-state index is -0.834. The zero-order valence-electron chi connectivity index (χ0n) is 15.5. The number of methoxy groups -OCH3 is 1. The first kappa shape index (κ1) is 21.4. The molecule has 148 valence electrons. The summed E-state index contributed by atoms with van der Waals surface area (Å²) in [5.74, 6) is -0.948.